The normalized spacial score (nSPS) is 28.9. The third kappa shape index (κ3) is 4.30. The van der Waals surface area contributed by atoms with Crippen LogP contribution in [0, 0.1) is 11.3 Å². The van der Waals surface area contributed by atoms with Gasteiger partial charge in [0.25, 0.3) is 5.91 Å². The topological polar surface area (TPSA) is 41.6 Å². The van der Waals surface area contributed by atoms with Crippen molar-refractivity contribution in [1.82, 2.24) is 10.2 Å². The van der Waals surface area contributed by atoms with E-state index in [1.54, 1.807) is 11.3 Å². The minimum atomic E-state index is 0.109. The number of carbonyl (C=O) groups is 1. The zero-order valence-electron chi connectivity index (χ0n) is 17.5. The molecule has 2 aliphatic heterocycles. The number of rotatable bonds is 4. The Morgan fingerprint density at radius 1 is 1.36 bits per heavy atom. The van der Waals surface area contributed by atoms with Gasteiger partial charge in [0.15, 0.2) is 0 Å². The fourth-order valence-electron chi connectivity index (χ4n) is 4.84. The smallest absolute Gasteiger partial charge is 0.261 e. The molecule has 4 nitrogen and oxygen atoms in total. The second-order valence-electron chi connectivity index (χ2n) is 9.67. The van der Waals surface area contributed by atoms with Crippen molar-refractivity contribution >= 4 is 29.0 Å². The van der Waals surface area contributed by atoms with Crippen molar-refractivity contribution in [2.24, 2.45) is 11.3 Å². The Morgan fingerprint density at radius 3 is 2.82 bits per heavy atom. The molecule has 156 valence electrons. The van der Waals surface area contributed by atoms with Crippen LogP contribution >= 0.6 is 23.1 Å². The van der Waals surface area contributed by atoms with Crippen molar-refractivity contribution in [1.29, 1.82) is 0 Å². The quantitative estimate of drug-likeness (QED) is 0.801. The summed E-state index contributed by atoms with van der Waals surface area (Å²) in [5.74, 6) is 3.14. The molecule has 4 rings (SSSR count). The summed E-state index contributed by atoms with van der Waals surface area (Å²) in [6.45, 7) is 11.4. The van der Waals surface area contributed by atoms with E-state index in [0.717, 1.165) is 62.7 Å². The highest BCUT2D eigenvalue weighted by molar-refractivity contribution is 7.99. The van der Waals surface area contributed by atoms with Crippen molar-refractivity contribution in [2.45, 2.75) is 52.0 Å². The summed E-state index contributed by atoms with van der Waals surface area (Å²) >= 11 is 3.74. The molecule has 2 unspecified atom stereocenters. The Balaban J connectivity index is 1.41. The number of nitrogens with one attached hydrogen (secondary N) is 1. The van der Waals surface area contributed by atoms with Gasteiger partial charge >= 0.3 is 0 Å². The van der Waals surface area contributed by atoms with E-state index in [2.05, 4.69) is 37.1 Å². The van der Waals surface area contributed by atoms with Crippen LogP contribution in [0.1, 0.15) is 53.7 Å². The first kappa shape index (κ1) is 20.7. The number of amides is 1. The predicted molar refractivity (Wildman–Crippen MR) is 119 cm³/mol. The standard InChI is InChI=1S/C22H34N2O2S2/c1-21(2,3)17-4-5-18-16(12-17)13-19(28-18)20(25)23-14-22(6-11-27-15-22)24-7-9-26-10-8-24/h13,17H,4-12,14-15H2,1-3H3,(H,23,25). The van der Waals surface area contributed by atoms with Crippen LogP contribution in [-0.4, -0.2) is 60.7 Å². The Hall–Kier alpha value is -0.560. The van der Waals surface area contributed by atoms with Crippen molar-refractivity contribution in [3.8, 4) is 0 Å². The zero-order chi connectivity index (χ0) is 19.8. The first-order valence-electron chi connectivity index (χ1n) is 10.7. The lowest BCUT2D eigenvalue weighted by molar-refractivity contribution is -0.0129. The molecule has 2 saturated heterocycles. The van der Waals surface area contributed by atoms with E-state index >= 15 is 0 Å². The van der Waals surface area contributed by atoms with Crippen LogP contribution in [0.25, 0.3) is 0 Å². The second kappa shape index (κ2) is 8.29. The van der Waals surface area contributed by atoms with Gasteiger partial charge in [-0.25, -0.2) is 0 Å². The van der Waals surface area contributed by atoms with E-state index in [4.69, 9.17) is 4.74 Å². The van der Waals surface area contributed by atoms with E-state index in [1.165, 1.54) is 22.6 Å². The van der Waals surface area contributed by atoms with Gasteiger partial charge in [-0.2, -0.15) is 11.8 Å². The molecule has 3 aliphatic rings. The summed E-state index contributed by atoms with van der Waals surface area (Å²) in [6.07, 6.45) is 4.65. The third-order valence-corrected chi connectivity index (χ3v) is 9.34. The lowest BCUT2D eigenvalue weighted by atomic mass is 9.72. The number of hydrogen-bond acceptors (Lipinski definition) is 5. The third-order valence-electron chi connectivity index (χ3n) is 6.87. The fourth-order valence-corrected chi connectivity index (χ4v) is 7.44. The molecule has 0 radical (unpaired) electrons. The maximum absolute atomic E-state index is 13.0. The van der Waals surface area contributed by atoms with Gasteiger partial charge in [-0.3, -0.25) is 9.69 Å². The molecule has 1 N–H and O–H groups in total. The van der Waals surface area contributed by atoms with Crippen LogP contribution in [0.15, 0.2) is 6.07 Å². The van der Waals surface area contributed by atoms with Crippen LogP contribution in [0.4, 0.5) is 0 Å². The molecule has 0 bridgehead atoms. The lowest BCUT2D eigenvalue weighted by Crippen LogP contribution is -2.59. The molecular formula is C22H34N2O2S2. The molecule has 2 fully saturated rings. The number of thiophene rings is 1. The number of morpholine rings is 1. The van der Waals surface area contributed by atoms with Gasteiger partial charge in [0, 0.05) is 35.8 Å². The summed E-state index contributed by atoms with van der Waals surface area (Å²) < 4.78 is 5.54. The van der Waals surface area contributed by atoms with Gasteiger partial charge in [-0.15, -0.1) is 11.3 Å². The van der Waals surface area contributed by atoms with Crippen molar-refractivity contribution < 1.29 is 9.53 Å². The van der Waals surface area contributed by atoms with Gasteiger partial charge in [0.05, 0.1) is 18.1 Å². The summed E-state index contributed by atoms with van der Waals surface area (Å²) in [6, 6.07) is 2.18. The SMILES string of the molecule is CC(C)(C)C1CCc2sc(C(=O)NCC3(N4CCOCC4)CCSC3)cc2C1. The number of aryl methyl sites for hydroxylation is 1. The van der Waals surface area contributed by atoms with E-state index in [9.17, 15) is 4.79 Å². The van der Waals surface area contributed by atoms with Gasteiger partial charge in [0.1, 0.15) is 0 Å². The van der Waals surface area contributed by atoms with Crippen molar-refractivity contribution in [3.63, 3.8) is 0 Å². The molecule has 1 amide bonds. The molecule has 28 heavy (non-hydrogen) atoms. The molecule has 3 heterocycles. The maximum atomic E-state index is 13.0. The number of thioether (sulfide) groups is 1. The molecule has 1 aliphatic carbocycles. The lowest BCUT2D eigenvalue weighted by Gasteiger charge is -2.43. The second-order valence-corrected chi connectivity index (χ2v) is 11.9. The monoisotopic (exact) mass is 422 g/mol. The number of carbonyl (C=O) groups excluding carboxylic acids is 1. The van der Waals surface area contributed by atoms with Gasteiger partial charge in [0.2, 0.25) is 0 Å². The molecule has 0 spiro atoms. The zero-order valence-corrected chi connectivity index (χ0v) is 19.1. The molecule has 0 aromatic carbocycles. The van der Waals surface area contributed by atoms with Crippen LogP contribution in [0.3, 0.4) is 0 Å². The Morgan fingerprint density at radius 2 is 2.14 bits per heavy atom. The highest BCUT2D eigenvalue weighted by Gasteiger charge is 2.41. The summed E-state index contributed by atoms with van der Waals surface area (Å²) in [7, 11) is 0. The molecule has 0 saturated carbocycles. The van der Waals surface area contributed by atoms with Gasteiger partial charge in [-0.05, 0) is 54.4 Å². The van der Waals surface area contributed by atoms with E-state index < -0.39 is 0 Å². The van der Waals surface area contributed by atoms with Crippen LogP contribution in [0.5, 0.6) is 0 Å². The minimum absolute atomic E-state index is 0.109. The predicted octanol–water partition coefficient (Wildman–Crippen LogP) is 3.84. The Kier molecular flexibility index (Phi) is 6.13. The highest BCUT2D eigenvalue weighted by Crippen LogP contribution is 2.40. The number of nitrogens with zero attached hydrogens (tertiary/aromatic N) is 1. The summed E-state index contributed by atoms with van der Waals surface area (Å²) in [5, 5.41) is 3.31. The van der Waals surface area contributed by atoms with E-state index in [1.807, 2.05) is 11.8 Å². The average Bonchev–Trinajstić information content (AvgIpc) is 3.33. The van der Waals surface area contributed by atoms with Crippen molar-refractivity contribution in [2.75, 3.05) is 44.4 Å². The number of ether oxygens (including phenoxy) is 1. The van der Waals surface area contributed by atoms with Gasteiger partial charge < -0.3 is 10.1 Å². The Labute approximate surface area is 177 Å². The van der Waals surface area contributed by atoms with E-state index in [0.29, 0.717) is 11.3 Å². The Bertz CT molecular complexity index is 698. The number of hydrogen-bond donors (Lipinski definition) is 1. The summed E-state index contributed by atoms with van der Waals surface area (Å²) in [4.78, 5) is 17.9. The minimum Gasteiger partial charge on any atom is -0.379 e. The van der Waals surface area contributed by atoms with Crippen LogP contribution in [0.2, 0.25) is 0 Å². The first-order valence-corrected chi connectivity index (χ1v) is 12.6. The maximum Gasteiger partial charge on any atom is 0.261 e. The van der Waals surface area contributed by atoms with Gasteiger partial charge in [-0.1, -0.05) is 20.8 Å². The van der Waals surface area contributed by atoms with Crippen LogP contribution in [-0.2, 0) is 17.6 Å². The molecule has 6 heteroatoms. The largest absolute Gasteiger partial charge is 0.379 e. The first-order chi connectivity index (χ1) is 13.4. The molecule has 1 aromatic rings. The number of fused-ring (bicyclic) bond motifs is 1. The van der Waals surface area contributed by atoms with Crippen molar-refractivity contribution in [3.05, 3.63) is 21.4 Å². The van der Waals surface area contributed by atoms with E-state index in [-0.39, 0.29) is 11.4 Å². The highest BCUT2D eigenvalue weighted by atomic mass is 32.2. The molecule has 2 atom stereocenters. The summed E-state index contributed by atoms with van der Waals surface area (Å²) in [5.41, 5.74) is 1.87. The van der Waals surface area contributed by atoms with Crippen LogP contribution < -0.4 is 5.32 Å². The molecule has 1 aromatic heterocycles. The fraction of sp³-hybridized carbons (Fsp3) is 0.773. The molecular weight excluding hydrogens is 388 g/mol. The average molecular weight is 423 g/mol.